The molecule has 0 aliphatic heterocycles. The Kier molecular flexibility index (Phi) is 14.3. The van der Waals surface area contributed by atoms with Crippen molar-refractivity contribution in [2.45, 2.75) is 89.5 Å². The second-order valence-corrected chi connectivity index (χ2v) is 14.5. The molecule has 0 aliphatic rings. The van der Waals surface area contributed by atoms with Crippen molar-refractivity contribution in [2.24, 2.45) is 33.0 Å². The van der Waals surface area contributed by atoms with Crippen LogP contribution in [0.15, 0.2) is 48.6 Å². The van der Waals surface area contributed by atoms with E-state index in [-0.39, 0.29) is 38.3 Å². The van der Waals surface area contributed by atoms with Gasteiger partial charge >= 0.3 is 23.9 Å². The van der Waals surface area contributed by atoms with Gasteiger partial charge in [-0.05, 0) is 48.0 Å². The number of carbonyl (C=O) groups is 4. The zero-order valence-electron chi connectivity index (χ0n) is 29.6. The van der Waals surface area contributed by atoms with Gasteiger partial charge in [0.1, 0.15) is 26.4 Å². The first kappa shape index (κ1) is 39.6. The monoisotopic (exact) mass is 628 g/mol. The van der Waals surface area contributed by atoms with Crippen molar-refractivity contribution in [3.63, 3.8) is 0 Å². The lowest BCUT2D eigenvalue weighted by molar-refractivity contribution is -0.185. The maximum atomic E-state index is 13.7. The molecular weight excluding hydrogens is 572 g/mol. The van der Waals surface area contributed by atoms with Crippen LogP contribution < -0.4 is 0 Å². The van der Waals surface area contributed by atoms with Crippen LogP contribution in [-0.4, -0.2) is 50.3 Å². The minimum absolute atomic E-state index is 0.0100. The van der Waals surface area contributed by atoms with Crippen molar-refractivity contribution in [2.75, 3.05) is 26.4 Å². The summed E-state index contributed by atoms with van der Waals surface area (Å²) in [5.41, 5.74) is -2.59. The number of carbonyl (C=O) groups excluding carboxylic acids is 4. The fourth-order valence-electron chi connectivity index (χ4n) is 5.48. The Morgan fingerprint density at radius 3 is 1.73 bits per heavy atom. The van der Waals surface area contributed by atoms with Gasteiger partial charge in [0.25, 0.3) is 0 Å². The molecule has 1 rings (SSSR count). The van der Waals surface area contributed by atoms with Gasteiger partial charge in [0.2, 0.25) is 0 Å². The molecular formula is C37H56O8. The highest BCUT2D eigenvalue weighted by Crippen LogP contribution is 2.61. The molecule has 2 atom stereocenters. The third-order valence-corrected chi connectivity index (χ3v) is 10.1. The van der Waals surface area contributed by atoms with Crippen LogP contribution in [0.4, 0.5) is 0 Å². The number of ether oxygens (including phenoxy) is 4. The van der Waals surface area contributed by atoms with E-state index >= 15 is 0 Å². The van der Waals surface area contributed by atoms with Crippen LogP contribution in [-0.2, 0) is 38.1 Å². The summed E-state index contributed by atoms with van der Waals surface area (Å²) in [5, 5.41) is 0. The molecule has 8 heteroatoms. The smallest absolute Gasteiger partial charge is 0.330 e. The maximum absolute atomic E-state index is 13.7. The second-order valence-electron chi connectivity index (χ2n) is 14.5. The third kappa shape index (κ3) is 10.3. The van der Waals surface area contributed by atoms with E-state index in [0.29, 0.717) is 6.42 Å². The topological polar surface area (TPSA) is 105 Å². The molecule has 0 radical (unpaired) electrons. The minimum Gasteiger partial charge on any atom is -0.462 e. The van der Waals surface area contributed by atoms with Crippen molar-refractivity contribution in [1.82, 2.24) is 0 Å². The van der Waals surface area contributed by atoms with E-state index in [0.717, 1.165) is 5.56 Å². The Bertz CT molecular complexity index is 1200. The summed E-state index contributed by atoms with van der Waals surface area (Å²) in [6.07, 6.45) is 6.96. The summed E-state index contributed by atoms with van der Waals surface area (Å²) in [5.74, 6) is -1.84. The first-order chi connectivity index (χ1) is 20.6. The predicted molar refractivity (Wildman–Crippen MR) is 177 cm³/mol. The summed E-state index contributed by atoms with van der Waals surface area (Å²) >= 11 is 0. The van der Waals surface area contributed by atoms with E-state index in [1.165, 1.54) is 13.0 Å². The van der Waals surface area contributed by atoms with E-state index in [1.54, 1.807) is 12.2 Å². The summed E-state index contributed by atoms with van der Waals surface area (Å²) in [4.78, 5) is 50.6. The fraction of sp³-hybridized carbons (Fsp3) is 0.622. The molecule has 0 amide bonds. The van der Waals surface area contributed by atoms with Crippen LogP contribution in [0.2, 0.25) is 0 Å². The molecule has 0 heterocycles. The molecule has 1 aromatic rings. The van der Waals surface area contributed by atoms with Crippen molar-refractivity contribution in [3.8, 4) is 0 Å². The number of benzene rings is 1. The molecule has 45 heavy (non-hydrogen) atoms. The zero-order chi connectivity index (χ0) is 34.7. The minimum atomic E-state index is -0.947. The summed E-state index contributed by atoms with van der Waals surface area (Å²) in [6, 6.07) is 9.71. The van der Waals surface area contributed by atoms with Crippen LogP contribution in [0.1, 0.15) is 95.1 Å². The highest BCUT2D eigenvalue weighted by atomic mass is 16.6. The Balaban J connectivity index is 2.99. The van der Waals surface area contributed by atoms with E-state index in [9.17, 15) is 19.2 Å². The average Bonchev–Trinajstić information content (AvgIpc) is 2.94. The van der Waals surface area contributed by atoms with Crippen LogP contribution in [0.3, 0.4) is 0 Å². The highest BCUT2D eigenvalue weighted by molar-refractivity contribution is 5.82. The summed E-state index contributed by atoms with van der Waals surface area (Å²) in [7, 11) is 0. The van der Waals surface area contributed by atoms with Gasteiger partial charge in [-0.2, -0.15) is 0 Å². The quantitative estimate of drug-likeness (QED) is 0.0606. The molecule has 2 unspecified atom stereocenters. The van der Waals surface area contributed by atoms with Gasteiger partial charge in [-0.15, -0.1) is 0 Å². The lowest BCUT2D eigenvalue weighted by Gasteiger charge is -2.57. The Hall–Kier alpha value is -3.42. The number of hydrogen-bond acceptors (Lipinski definition) is 8. The van der Waals surface area contributed by atoms with Gasteiger partial charge < -0.3 is 18.9 Å². The lowest BCUT2D eigenvalue weighted by Crippen LogP contribution is -2.56. The van der Waals surface area contributed by atoms with Gasteiger partial charge in [0.05, 0.1) is 10.8 Å². The second kappa shape index (κ2) is 16.2. The molecule has 252 valence electrons. The van der Waals surface area contributed by atoms with Gasteiger partial charge in [-0.1, -0.05) is 111 Å². The van der Waals surface area contributed by atoms with E-state index in [2.05, 4.69) is 13.8 Å². The van der Waals surface area contributed by atoms with Crippen LogP contribution in [0.25, 0.3) is 6.08 Å². The SMILES string of the molecule is CC(=O)OCCOC(=O)C(C)(C(C)C)C(C)(C)C(C)(C)CC(C)(C(=O)OCCOC(=O)/C=C/C=C/c1ccccc1)C(C)(C)C. The van der Waals surface area contributed by atoms with Crippen LogP contribution in [0, 0.1) is 33.0 Å². The first-order valence-electron chi connectivity index (χ1n) is 15.7. The molecule has 0 bridgehead atoms. The van der Waals surface area contributed by atoms with Crippen LogP contribution >= 0.6 is 0 Å². The van der Waals surface area contributed by atoms with Gasteiger partial charge in [-0.25, -0.2) is 4.79 Å². The van der Waals surface area contributed by atoms with Gasteiger partial charge in [0, 0.05) is 13.0 Å². The first-order valence-corrected chi connectivity index (χ1v) is 15.7. The summed E-state index contributed by atoms with van der Waals surface area (Å²) < 4.78 is 21.5. The average molecular weight is 629 g/mol. The van der Waals surface area contributed by atoms with Gasteiger partial charge in [-0.3, -0.25) is 14.4 Å². The van der Waals surface area contributed by atoms with Crippen molar-refractivity contribution < 1.29 is 38.1 Å². The molecule has 1 aromatic carbocycles. The zero-order valence-corrected chi connectivity index (χ0v) is 29.6. The molecule has 0 saturated heterocycles. The lowest BCUT2D eigenvalue weighted by atomic mass is 9.46. The Labute approximate surface area is 270 Å². The fourth-order valence-corrected chi connectivity index (χ4v) is 5.48. The number of rotatable bonds is 16. The van der Waals surface area contributed by atoms with Crippen molar-refractivity contribution >= 4 is 30.0 Å². The van der Waals surface area contributed by atoms with Gasteiger partial charge in [0.15, 0.2) is 0 Å². The van der Waals surface area contributed by atoms with E-state index < -0.39 is 45.0 Å². The van der Waals surface area contributed by atoms with Crippen molar-refractivity contribution in [1.29, 1.82) is 0 Å². The Morgan fingerprint density at radius 1 is 0.711 bits per heavy atom. The van der Waals surface area contributed by atoms with Crippen LogP contribution in [0.5, 0.6) is 0 Å². The third-order valence-electron chi connectivity index (χ3n) is 10.1. The molecule has 0 aromatic heterocycles. The number of allylic oxidation sites excluding steroid dienone is 2. The Morgan fingerprint density at radius 2 is 1.22 bits per heavy atom. The maximum Gasteiger partial charge on any atom is 0.330 e. The van der Waals surface area contributed by atoms with E-state index in [1.807, 2.05) is 98.7 Å². The molecule has 0 fully saturated rings. The summed E-state index contributed by atoms with van der Waals surface area (Å²) in [6.45, 7) is 23.1. The molecule has 8 nitrogen and oxygen atoms in total. The highest BCUT2D eigenvalue weighted by Gasteiger charge is 2.60. The number of esters is 4. The molecule has 0 aliphatic carbocycles. The molecule has 0 spiro atoms. The normalized spacial score (nSPS) is 15.4. The van der Waals surface area contributed by atoms with E-state index in [4.69, 9.17) is 18.9 Å². The number of hydrogen-bond donors (Lipinski definition) is 0. The molecule has 0 saturated carbocycles. The predicted octanol–water partition coefficient (Wildman–Crippen LogP) is 7.61. The standard InChI is InChI=1S/C37H56O8/c1-27(2)37(12,32(41)45-24-22-42-28(3)38)35(9,10)34(7,8)26-36(11,33(4,5)6)31(40)44-25-23-43-30(39)21-17-16-20-29-18-14-13-15-19-29/h13-21,27H,22-26H2,1-12H3/b20-16+,21-17+. The largest absolute Gasteiger partial charge is 0.462 e. The van der Waals surface area contributed by atoms with Crippen molar-refractivity contribution in [3.05, 3.63) is 54.1 Å². The molecule has 0 N–H and O–H groups in total.